The van der Waals surface area contributed by atoms with Crippen molar-refractivity contribution in [3.8, 4) is 0 Å². The Balaban J connectivity index is 2.85. The van der Waals surface area contributed by atoms with E-state index in [1.54, 1.807) is 6.08 Å². The SMILES string of the molecule is C=CCC[C@@H](NC(=O)c1cccc([N+](=O)[O-])c1)C(=O)OC. The van der Waals surface area contributed by atoms with Gasteiger partial charge in [-0.05, 0) is 18.9 Å². The number of carbonyl (C=O) groups excluding carboxylic acids is 2. The molecule has 0 spiro atoms. The van der Waals surface area contributed by atoms with E-state index in [1.807, 2.05) is 0 Å². The number of benzene rings is 1. The smallest absolute Gasteiger partial charge is 0.328 e. The molecule has 7 heteroatoms. The van der Waals surface area contributed by atoms with Crippen molar-refractivity contribution < 1.29 is 19.2 Å². The van der Waals surface area contributed by atoms with Crippen molar-refractivity contribution >= 4 is 17.6 Å². The van der Waals surface area contributed by atoms with Gasteiger partial charge in [0.2, 0.25) is 0 Å². The van der Waals surface area contributed by atoms with Crippen LogP contribution in [0.15, 0.2) is 36.9 Å². The number of ether oxygens (including phenoxy) is 1. The summed E-state index contributed by atoms with van der Waals surface area (Å²) in [5.74, 6) is -1.14. The van der Waals surface area contributed by atoms with Gasteiger partial charge in [0.05, 0.1) is 12.0 Å². The number of hydrogen-bond donors (Lipinski definition) is 1. The predicted molar refractivity (Wildman–Crippen MR) is 75.8 cm³/mol. The fraction of sp³-hybridized carbons (Fsp3) is 0.286. The zero-order valence-corrected chi connectivity index (χ0v) is 11.6. The third-order valence-corrected chi connectivity index (χ3v) is 2.77. The molecule has 1 N–H and O–H groups in total. The molecule has 0 saturated carbocycles. The number of non-ortho nitro benzene ring substituents is 1. The second-order valence-corrected chi connectivity index (χ2v) is 4.22. The number of esters is 1. The first-order valence-corrected chi connectivity index (χ1v) is 6.23. The van der Waals surface area contributed by atoms with Gasteiger partial charge in [-0.1, -0.05) is 12.1 Å². The lowest BCUT2D eigenvalue weighted by Gasteiger charge is -2.15. The van der Waals surface area contributed by atoms with E-state index in [4.69, 9.17) is 0 Å². The van der Waals surface area contributed by atoms with Crippen LogP contribution in [0.1, 0.15) is 23.2 Å². The average Bonchev–Trinajstić information content (AvgIpc) is 2.50. The second-order valence-electron chi connectivity index (χ2n) is 4.22. The highest BCUT2D eigenvalue weighted by molar-refractivity contribution is 5.97. The van der Waals surface area contributed by atoms with Crippen LogP contribution in [-0.2, 0) is 9.53 Å². The minimum absolute atomic E-state index is 0.108. The highest BCUT2D eigenvalue weighted by Gasteiger charge is 2.22. The Kier molecular flexibility index (Phi) is 6.06. The standard InChI is InChI=1S/C14H16N2O5/c1-3-4-8-12(14(18)21-2)15-13(17)10-6-5-7-11(9-10)16(19)20/h3,5-7,9,12H,1,4,8H2,2H3,(H,15,17)/t12-/m1/s1. The number of nitrogens with one attached hydrogen (secondary N) is 1. The molecule has 7 nitrogen and oxygen atoms in total. The number of methoxy groups -OCH3 is 1. The lowest BCUT2D eigenvalue weighted by Crippen LogP contribution is -2.41. The van der Waals surface area contributed by atoms with E-state index in [0.717, 1.165) is 6.07 Å². The van der Waals surface area contributed by atoms with Gasteiger partial charge in [0.15, 0.2) is 0 Å². The second kappa shape index (κ2) is 7.78. The molecular weight excluding hydrogens is 276 g/mol. The maximum Gasteiger partial charge on any atom is 0.328 e. The highest BCUT2D eigenvalue weighted by atomic mass is 16.6. The van der Waals surface area contributed by atoms with Gasteiger partial charge in [-0.15, -0.1) is 6.58 Å². The molecule has 0 aromatic heterocycles. The number of nitro benzene ring substituents is 1. The Morgan fingerprint density at radius 3 is 2.81 bits per heavy atom. The van der Waals surface area contributed by atoms with Gasteiger partial charge < -0.3 is 10.1 Å². The molecule has 0 aliphatic rings. The molecule has 0 saturated heterocycles. The van der Waals surface area contributed by atoms with Gasteiger partial charge in [-0.2, -0.15) is 0 Å². The quantitative estimate of drug-likeness (QED) is 0.358. The minimum Gasteiger partial charge on any atom is -0.467 e. The van der Waals surface area contributed by atoms with E-state index in [9.17, 15) is 19.7 Å². The Hall–Kier alpha value is -2.70. The number of nitrogens with zero attached hydrogens (tertiary/aromatic N) is 1. The van der Waals surface area contributed by atoms with Crippen LogP contribution in [0.3, 0.4) is 0 Å². The molecule has 1 aromatic rings. The van der Waals surface area contributed by atoms with Crippen molar-refractivity contribution in [2.45, 2.75) is 18.9 Å². The molecule has 0 heterocycles. The van der Waals surface area contributed by atoms with Gasteiger partial charge in [0.1, 0.15) is 6.04 Å². The highest BCUT2D eigenvalue weighted by Crippen LogP contribution is 2.13. The van der Waals surface area contributed by atoms with Crippen LogP contribution in [0, 0.1) is 10.1 Å². The summed E-state index contributed by atoms with van der Waals surface area (Å²) in [6.07, 6.45) is 2.49. The molecule has 0 unspecified atom stereocenters. The zero-order valence-electron chi connectivity index (χ0n) is 11.6. The molecule has 1 amide bonds. The molecule has 112 valence electrons. The Bertz CT molecular complexity index is 556. The van der Waals surface area contributed by atoms with E-state index in [-0.39, 0.29) is 11.3 Å². The topological polar surface area (TPSA) is 98.5 Å². The fourth-order valence-electron chi connectivity index (χ4n) is 1.68. The molecule has 1 aromatic carbocycles. The molecule has 1 atom stereocenters. The Morgan fingerprint density at radius 1 is 1.52 bits per heavy atom. The van der Waals surface area contributed by atoms with E-state index >= 15 is 0 Å². The van der Waals surface area contributed by atoms with Crippen LogP contribution < -0.4 is 5.32 Å². The van der Waals surface area contributed by atoms with Crippen LogP contribution in [0.5, 0.6) is 0 Å². The van der Waals surface area contributed by atoms with Crippen molar-refractivity contribution in [3.63, 3.8) is 0 Å². The first-order valence-electron chi connectivity index (χ1n) is 6.23. The summed E-state index contributed by atoms with van der Waals surface area (Å²) in [6.45, 7) is 3.55. The summed E-state index contributed by atoms with van der Waals surface area (Å²) in [7, 11) is 1.22. The maximum atomic E-state index is 12.0. The minimum atomic E-state index is -0.820. The normalized spacial score (nSPS) is 11.3. The van der Waals surface area contributed by atoms with Crippen LogP contribution >= 0.6 is 0 Å². The Labute approximate surface area is 121 Å². The van der Waals surface area contributed by atoms with Crippen molar-refractivity contribution in [1.82, 2.24) is 5.32 Å². The molecule has 21 heavy (non-hydrogen) atoms. The summed E-state index contributed by atoms with van der Waals surface area (Å²) in [6, 6.07) is 4.46. The lowest BCUT2D eigenvalue weighted by molar-refractivity contribution is -0.384. The third-order valence-electron chi connectivity index (χ3n) is 2.77. The van der Waals surface area contributed by atoms with E-state index in [0.29, 0.717) is 12.8 Å². The van der Waals surface area contributed by atoms with Gasteiger partial charge in [0.25, 0.3) is 11.6 Å². The van der Waals surface area contributed by atoms with Gasteiger partial charge >= 0.3 is 5.97 Å². The predicted octanol–water partition coefficient (Wildman–Crippen LogP) is 1.83. The number of amides is 1. The van der Waals surface area contributed by atoms with Crippen LogP contribution in [0.25, 0.3) is 0 Å². The molecule has 0 radical (unpaired) electrons. The van der Waals surface area contributed by atoms with Crippen molar-refractivity contribution in [2.75, 3.05) is 7.11 Å². The zero-order chi connectivity index (χ0) is 15.8. The monoisotopic (exact) mass is 292 g/mol. The summed E-state index contributed by atoms with van der Waals surface area (Å²) in [5.41, 5.74) is -0.0833. The Morgan fingerprint density at radius 2 is 2.24 bits per heavy atom. The molecule has 1 rings (SSSR count). The van der Waals surface area contributed by atoms with E-state index in [2.05, 4.69) is 16.6 Å². The number of nitro groups is 1. The molecule has 0 fully saturated rings. The summed E-state index contributed by atoms with van der Waals surface area (Å²) in [4.78, 5) is 33.7. The maximum absolute atomic E-state index is 12.0. The fourth-order valence-corrected chi connectivity index (χ4v) is 1.68. The average molecular weight is 292 g/mol. The molecule has 0 bridgehead atoms. The number of rotatable bonds is 7. The van der Waals surface area contributed by atoms with Crippen LogP contribution in [-0.4, -0.2) is 30.0 Å². The number of carbonyl (C=O) groups is 2. The summed E-state index contributed by atoms with van der Waals surface area (Å²) in [5, 5.41) is 13.2. The van der Waals surface area contributed by atoms with Crippen molar-refractivity contribution in [3.05, 3.63) is 52.6 Å². The lowest BCUT2D eigenvalue weighted by atomic mass is 10.1. The van der Waals surface area contributed by atoms with Crippen molar-refractivity contribution in [2.24, 2.45) is 0 Å². The first kappa shape index (κ1) is 16.4. The van der Waals surface area contributed by atoms with Crippen LogP contribution in [0.2, 0.25) is 0 Å². The van der Waals surface area contributed by atoms with Gasteiger partial charge in [0, 0.05) is 17.7 Å². The number of hydrogen-bond acceptors (Lipinski definition) is 5. The van der Waals surface area contributed by atoms with E-state index < -0.39 is 22.8 Å². The van der Waals surface area contributed by atoms with E-state index in [1.165, 1.54) is 25.3 Å². The van der Waals surface area contributed by atoms with Crippen LogP contribution in [0.4, 0.5) is 5.69 Å². The largest absolute Gasteiger partial charge is 0.467 e. The van der Waals surface area contributed by atoms with Gasteiger partial charge in [-0.25, -0.2) is 4.79 Å². The number of allylic oxidation sites excluding steroid dienone is 1. The molecule has 0 aliphatic heterocycles. The van der Waals surface area contributed by atoms with Gasteiger partial charge in [-0.3, -0.25) is 14.9 Å². The summed E-state index contributed by atoms with van der Waals surface area (Å²) < 4.78 is 4.61. The molecular formula is C14H16N2O5. The summed E-state index contributed by atoms with van der Waals surface area (Å²) >= 11 is 0. The molecule has 0 aliphatic carbocycles. The van der Waals surface area contributed by atoms with Crippen molar-refractivity contribution in [1.29, 1.82) is 0 Å². The third kappa shape index (κ3) is 4.72. The first-order chi connectivity index (χ1) is 9.99.